The predicted molar refractivity (Wildman–Crippen MR) is 183 cm³/mol. The molecule has 9 nitrogen and oxygen atoms in total. The molecule has 4 aromatic rings. The van der Waals surface area contributed by atoms with E-state index in [0.29, 0.717) is 45.6 Å². The van der Waals surface area contributed by atoms with Gasteiger partial charge in [-0.05, 0) is 40.3 Å². The van der Waals surface area contributed by atoms with Crippen LogP contribution in [0.1, 0.15) is 61.0 Å². The maximum absolute atomic E-state index is 6.59. The SMILES string of the molecule is COCCOCCOCC(OCCN1CCOCC1)c1ccc2[nH]c(-c3ccc(C(C)c4cccc(C(C)C)c4N)cc3)nc2c1. The van der Waals surface area contributed by atoms with Crippen molar-refractivity contribution in [2.75, 3.05) is 85.3 Å². The molecular formula is C37H50N4O5. The Bertz CT molecular complexity index is 1500. The highest BCUT2D eigenvalue weighted by atomic mass is 16.6. The van der Waals surface area contributed by atoms with Crippen LogP contribution in [-0.2, 0) is 23.7 Å². The van der Waals surface area contributed by atoms with Crippen molar-refractivity contribution in [1.29, 1.82) is 0 Å². The third-order valence-corrected chi connectivity index (χ3v) is 8.73. The second-order valence-electron chi connectivity index (χ2n) is 12.2. The van der Waals surface area contributed by atoms with Crippen LogP contribution in [0.25, 0.3) is 22.4 Å². The summed E-state index contributed by atoms with van der Waals surface area (Å²) in [5.74, 6) is 1.41. The monoisotopic (exact) mass is 630 g/mol. The number of aromatic nitrogens is 2. The lowest BCUT2D eigenvalue weighted by Crippen LogP contribution is -2.38. The van der Waals surface area contributed by atoms with Crippen LogP contribution >= 0.6 is 0 Å². The van der Waals surface area contributed by atoms with Crippen molar-refractivity contribution < 1.29 is 23.7 Å². The lowest BCUT2D eigenvalue weighted by atomic mass is 9.88. The number of rotatable bonds is 17. The minimum Gasteiger partial charge on any atom is -0.398 e. The van der Waals surface area contributed by atoms with Crippen molar-refractivity contribution in [3.63, 3.8) is 0 Å². The molecule has 9 heteroatoms. The summed E-state index contributed by atoms with van der Waals surface area (Å²) in [5.41, 5.74) is 15.0. The molecule has 248 valence electrons. The number of benzene rings is 3. The molecular weight excluding hydrogens is 580 g/mol. The lowest BCUT2D eigenvalue weighted by molar-refractivity contribution is -0.0460. The second kappa shape index (κ2) is 17.0. The number of morpholine rings is 1. The molecule has 2 atom stereocenters. The Labute approximate surface area is 273 Å². The van der Waals surface area contributed by atoms with E-state index < -0.39 is 0 Å². The van der Waals surface area contributed by atoms with E-state index in [9.17, 15) is 0 Å². The third-order valence-electron chi connectivity index (χ3n) is 8.73. The maximum atomic E-state index is 6.59. The number of nitrogen functional groups attached to an aromatic ring is 1. The number of anilines is 1. The number of imidazole rings is 1. The summed E-state index contributed by atoms with van der Waals surface area (Å²) in [7, 11) is 1.67. The number of hydrogen-bond acceptors (Lipinski definition) is 8. The van der Waals surface area contributed by atoms with Gasteiger partial charge in [0.05, 0.1) is 63.9 Å². The first-order chi connectivity index (χ1) is 22.4. The topological polar surface area (TPSA) is 104 Å². The van der Waals surface area contributed by atoms with Gasteiger partial charge in [0.1, 0.15) is 11.9 Å². The summed E-state index contributed by atoms with van der Waals surface area (Å²) in [6.07, 6.45) is -0.216. The van der Waals surface area contributed by atoms with Gasteiger partial charge in [-0.1, -0.05) is 69.3 Å². The normalized spacial score (nSPS) is 15.5. The molecule has 46 heavy (non-hydrogen) atoms. The van der Waals surface area contributed by atoms with E-state index in [1.165, 1.54) is 16.7 Å². The molecule has 1 saturated heterocycles. The van der Waals surface area contributed by atoms with Crippen molar-refractivity contribution >= 4 is 16.7 Å². The molecule has 0 bridgehead atoms. The Kier molecular flexibility index (Phi) is 12.6. The minimum atomic E-state index is -0.216. The summed E-state index contributed by atoms with van der Waals surface area (Å²) in [6.45, 7) is 14.0. The molecule has 1 aliphatic rings. The number of nitrogens with one attached hydrogen (secondary N) is 1. The fourth-order valence-electron chi connectivity index (χ4n) is 5.89. The van der Waals surface area contributed by atoms with E-state index in [2.05, 4.69) is 91.3 Å². The van der Waals surface area contributed by atoms with E-state index in [4.69, 9.17) is 34.4 Å². The van der Waals surface area contributed by atoms with E-state index >= 15 is 0 Å². The number of hydrogen-bond donors (Lipinski definition) is 2. The Morgan fingerprint density at radius 3 is 2.35 bits per heavy atom. The van der Waals surface area contributed by atoms with Gasteiger partial charge in [0.15, 0.2) is 0 Å². The van der Waals surface area contributed by atoms with Crippen LogP contribution in [0.4, 0.5) is 5.69 Å². The lowest BCUT2D eigenvalue weighted by Gasteiger charge is -2.27. The standard InChI is InChI=1S/C37H50N4O5/c1-26(2)31-6-5-7-32(36(31)38)27(3)28-8-10-29(11-9-28)37-39-33-13-12-30(24-34(33)40-37)35(25-45-23-22-44-21-20-42-4)46-19-16-41-14-17-43-18-15-41/h5-13,24,26-27,35H,14-23,25,38H2,1-4H3,(H,39,40). The fraction of sp³-hybridized carbons (Fsp3) is 0.486. The smallest absolute Gasteiger partial charge is 0.138 e. The van der Waals surface area contributed by atoms with Crippen molar-refractivity contribution in [3.05, 3.63) is 82.9 Å². The fourth-order valence-corrected chi connectivity index (χ4v) is 5.89. The molecule has 0 spiro atoms. The average molecular weight is 631 g/mol. The largest absolute Gasteiger partial charge is 0.398 e. The van der Waals surface area contributed by atoms with Crippen molar-refractivity contribution in [2.45, 2.75) is 38.7 Å². The first-order valence-electron chi connectivity index (χ1n) is 16.5. The first-order valence-corrected chi connectivity index (χ1v) is 16.5. The van der Waals surface area contributed by atoms with Crippen LogP contribution in [-0.4, -0.2) is 94.5 Å². The van der Waals surface area contributed by atoms with Crippen LogP contribution in [0.3, 0.4) is 0 Å². The number of H-pyrrole nitrogens is 1. The number of ether oxygens (including phenoxy) is 5. The first kappa shape index (κ1) is 34.0. The number of aromatic amines is 1. The molecule has 0 radical (unpaired) electrons. The number of fused-ring (bicyclic) bond motifs is 1. The summed E-state index contributed by atoms with van der Waals surface area (Å²) >= 11 is 0. The zero-order valence-corrected chi connectivity index (χ0v) is 27.8. The molecule has 3 aromatic carbocycles. The van der Waals surface area contributed by atoms with Gasteiger partial charge in [-0.25, -0.2) is 4.98 Å². The van der Waals surface area contributed by atoms with Gasteiger partial charge >= 0.3 is 0 Å². The summed E-state index contributed by atoms with van der Waals surface area (Å²) in [5, 5.41) is 0. The van der Waals surface area contributed by atoms with Crippen LogP contribution in [0.15, 0.2) is 60.7 Å². The Balaban J connectivity index is 1.27. The Morgan fingerprint density at radius 2 is 1.59 bits per heavy atom. The van der Waals surface area contributed by atoms with Crippen molar-refractivity contribution in [2.24, 2.45) is 0 Å². The summed E-state index contributed by atoms with van der Waals surface area (Å²) in [4.78, 5) is 10.8. The van der Waals surface area contributed by atoms with Gasteiger partial charge in [-0.15, -0.1) is 0 Å². The van der Waals surface area contributed by atoms with E-state index in [0.717, 1.165) is 66.5 Å². The van der Waals surface area contributed by atoms with E-state index in [1.54, 1.807) is 7.11 Å². The molecule has 1 aliphatic heterocycles. The van der Waals surface area contributed by atoms with Gasteiger partial charge in [0, 0.05) is 43.9 Å². The molecule has 0 amide bonds. The molecule has 0 saturated carbocycles. The molecule has 2 unspecified atom stereocenters. The second-order valence-corrected chi connectivity index (χ2v) is 12.2. The molecule has 5 rings (SSSR count). The van der Waals surface area contributed by atoms with Crippen molar-refractivity contribution in [3.8, 4) is 11.4 Å². The van der Waals surface area contributed by atoms with E-state index in [-0.39, 0.29) is 12.0 Å². The third kappa shape index (κ3) is 8.94. The molecule has 1 fully saturated rings. The Hall–Kier alpha value is -3.31. The average Bonchev–Trinajstić information content (AvgIpc) is 3.51. The van der Waals surface area contributed by atoms with Crippen LogP contribution in [0.5, 0.6) is 0 Å². The number of para-hydroxylation sites is 1. The van der Waals surface area contributed by atoms with Crippen LogP contribution < -0.4 is 5.73 Å². The highest BCUT2D eigenvalue weighted by molar-refractivity contribution is 5.80. The maximum Gasteiger partial charge on any atom is 0.138 e. The quantitative estimate of drug-likeness (QED) is 0.106. The minimum absolute atomic E-state index is 0.185. The zero-order chi connectivity index (χ0) is 32.3. The van der Waals surface area contributed by atoms with Gasteiger partial charge < -0.3 is 34.4 Å². The summed E-state index contributed by atoms with van der Waals surface area (Å²) < 4.78 is 28.5. The summed E-state index contributed by atoms with van der Waals surface area (Å²) in [6, 6.07) is 21.3. The van der Waals surface area contributed by atoms with Crippen LogP contribution in [0.2, 0.25) is 0 Å². The zero-order valence-electron chi connectivity index (χ0n) is 27.8. The molecule has 0 aliphatic carbocycles. The van der Waals surface area contributed by atoms with Crippen molar-refractivity contribution in [1.82, 2.24) is 14.9 Å². The van der Waals surface area contributed by atoms with E-state index in [1.807, 2.05) is 0 Å². The van der Waals surface area contributed by atoms with Crippen LogP contribution in [0, 0.1) is 0 Å². The van der Waals surface area contributed by atoms with Gasteiger partial charge in [-0.3, -0.25) is 4.90 Å². The molecule has 2 heterocycles. The highest BCUT2D eigenvalue weighted by Gasteiger charge is 2.18. The Morgan fingerprint density at radius 1 is 0.870 bits per heavy atom. The molecule has 3 N–H and O–H groups in total. The number of methoxy groups -OCH3 is 1. The highest BCUT2D eigenvalue weighted by Crippen LogP contribution is 2.34. The van der Waals surface area contributed by atoms with Gasteiger partial charge in [0.25, 0.3) is 0 Å². The van der Waals surface area contributed by atoms with Gasteiger partial charge in [-0.2, -0.15) is 0 Å². The predicted octanol–water partition coefficient (Wildman–Crippen LogP) is 6.16. The number of nitrogens with two attached hydrogens (primary N) is 1. The number of nitrogens with zero attached hydrogens (tertiary/aromatic N) is 2. The molecule has 1 aromatic heterocycles. The van der Waals surface area contributed by atoms with Gasteiger partial charge in [0.2, 0.25) is 0 Å².